The van der Waals surface area contributed by atoms with Gasteiger partial charge in [-0.25, -0.2) is 9.97 Å². The number of benzene rings is 1. The van der Waals surface area contributed by atoms with Gasteiger partial charge in [-0.1, -0.05) is 24.3 Å². The number of fused-ring (bicyclic) bond motifs is 3. The van der Waals surface area contributed by atoms with Gasteiger partial charge in [0.2, 0.25) is 0 Å². The highest BCUT2D eigenvalue weighted by Crippen LogP contribution is 2.63. The number of rotatable bonds is 2. The lowest BCUT2D eigenvalue weighted by molar-refractivity contribution is 0.552. The number of aryl methyl sites for hydroxylation is 1. The minimum absolute atomic E-state index is 0.0716. The van der Waals surface area contributed by atoms with E-state index in [4.69, 9.17) is 5.73 Å². The summed E-state index contributed by atoms with van der Waals surface area (Å²) in [5.74, 6) is 1.97. The highest BCUT2D eigenvalue weighted by Gasteiger charge is 2.55. The Kier molecular flexibility index (Phi) is 2.42. The lowest BCUT2D eigenvalue weighted by Crippen LogP contribution is -2.14. The first-order chi connectivity index (χ1) is 9.36. The van der Waals surface area contributed by atoms with Gasteiger partial charge in [0.1, 0.15) is 6.33 Å². The molecule has 3 heteroatoms. The van der Waals surface area contributed by atoms with Crippen LogP contribution in [0.2, 0.25) is 0 Å². The summed E-state index contributed by atoms with van der Waals surface area (Å²) in [5, 5.41) is 0. The van der Waals surface area contributed by atoms with Crippen LogP contribution in [0.25, 0.3) is 0 Å². The zero-order valence-electron chi connectivity index (χ0n) is 10.7. The lowest BCUT2D eigenvalue weighted by Gasteiger charge is -2.13. The first kappa shape index (κ1) is 11.1. The molecule has 2 aliphatic carbocycles. The molecule has 1 aromatic heterocycles. The molecule has 2 N–H and O–H groups in total. The molecule has 0 bridgehead atoms. The van der Waals surface area contributed by atoms with Gasteiger partial charge in [-0.3, -0.25) is 0 Å². The van der Waals surface area contributed by atoms with Gasteiger partial charge in [0, 0.05) is 24.0 Å². The van der Waals surface area contributed by atoms with Crippen LogP contribution >= 0.6 is 0 Å². The van der Waals surface area contributed by atoms with E-state index in [9.17, 15) is 0 Å². The molecule has 0 amide bonds. The fourth-order valence-electron chi connectivity index (χ4n) is 3.81. The van der Waals surface area contributed by atoms with Crippen molar-refractivity contribution in [2.45, 2.75) is 24.8 Å². The van der Waals surface area contributed by atoms with E-state index in [1.807, 2.05) is 12.4 Å². The quantitative estimate of drug-likeness (QED) is 0.892. The molecule has 1 saturated carbocycles. The fourth-order valence-corrected chi connectivity index (χ4v) is 3.81. The van der Waals surface area contributed by atoms with E-state index >= 15 is 0 Å². The van der Waals surface area contributed by atoms with E-state index in [1.165, 1.54) is 24.0 Å². The van der Waals surface area contributed by atoms with E-state index < -0.39 is 0 Å². The van der Waals surface area contributed by atoms with Crippen LogP contribution in [0.1, 0.15) is 35.1 Å². The van der Waals surface area contributed by atoms with Gasteiger partial charge in [-0.15, -0.1) is 0 Å². The minimum Gasteiger partial charge on any atom is -0.324 e. The summed E-state index contributed by atoms with van der Waals surface area (Å²) in [7, 11) is 0. The molecule has 3 nitrogen and oxygen atoms in total. The highest BCUT2D eigenvalue weighted by molar-refractivity contribution is 5.40. The van der Waals surface area contributed by atoms with Crippen molar-refractivity contribution in [2.24, 2.45) is 17.6 Å². The number of aromatic nitrogens is 2. The molecule has 1 aromatic carbocycles. The van der Waals surface area contributed by atoms with Crippen LogP contribution in [0.5, 0.6) is 0 Å². The van der Waals surface area contributed by atoms with E-state index in [2.05, 4.69) is 34.2 Å². The molecule has 2 aromatic rings. The Morgan fingerprint density at radius 3 is 2.79 bits per heavy atom. The molecule has 2 aliphatic rings. The molecule has 0 spiro atoms. The Morgan fingerprint density at radius 2 is 1.95 bits per heavy atom. The number of hydrogen-bond donors (Lipinski definition) is 1. The molecule has 4 rings (SSSR count). The summed E-state index contributed by atoms with van der Waals surface area (Å²) in [6, 6.07) is 8.90. The molecule has 1 heterocycles. The molecule has 0 aliphatic heterocycles. The van der Waals surface area contributed by atoms with E-state index in [0.29, 0.717) is 11.8 Å². The maximum absolute atomic E-state index is 6.44. The zero-order chi connectivity index (χ0) is 12.8. The van der Waals surface area contributed by atoms with Crippen molar-refractivity contribution in [3.8, 4) is 0 Å². The van der Waals surface area contributed by atoms with Gasteiger partial charge >= 0.3 is 0 Å². The third-order valence-corrected chi connectivity index (χ3v) is 4.77. The van der Waals surface area contributed by atoms with Crippen LogP contribution < -0.4 is 5.73 Å². The Hall–Kier alpha value is -1.74. The summed E-state index contributed by atoms with van der Waals surface area (Å²) >= 11 is 0. The molecule has 0 radical (unpaired) electrons. The van der Waals surface area contributed by atoms with Gasteiger partial charge in [0.25, 0.3) is 0 Å². The van der Waals surface area contributed by atoms with Gasteiger partial charge < -0.3 is 5.73 Å². The van der Waals surface area contributed by atoms with Crippen LogP contribution in [0.15, 0.2) is 43.0 Å². The van der Waals surface area contributed by atoms with Crippen molar-refractivity contribution in [2.75, 3.05) is 0 Å². The van der Waals surface area contributed by atoms with Crippen LogP contribution in [0.3, 0.4) is 0 Å². The largest absolute Gasteiger partial charge is 0.324 e. The topological polar surface area (TPSA) is 51.8 Å². The van der Waals surface area contributed by atoms with Crippen LogP contribution in [-0.4, -0.2) is 9.97 Å². The second kappa shape index (κ2) is 4.14. The number of nitrogens with zero attached hydrogens (tertiary/aromatic N) is 2. The van der Waals surface area contributed by atoms with Crippen molar-refractivity contribution >= 4 is 0 Å². The lowest BCUT2D eigenvalue weighted by atomic mass is 9.92. The second-order valence-corrected chi connectivity index (χ2v) is 5.70. The normalized spacial score (nSPS) is 29.2. The first-order valence-electron chi connectivity index (χ1n) is 6.94. The van der Waals surface area contributed by atoms with Crippen molar-refractivity contribution in [1.29, 1.82) is 0 Å². The Balaban J connectivity index is 1.64. The average Bonchev–Trinajstić information content (AvgIpc) is 3.22. The Morgan fingerprint density at radius 1 is 1.16 bits per heavy atom. The van der Waals surface area contributed by atoms with Gasteiger partial charge in [0.05, 0.1) is 0 Å². The van der Waals surface area contributed by atoms with Gasteiger partial charge in [0.15, 0.2) is 0 Å². The second-order valence-electron chi connectivity index (χ2n) is 5.70. The molecule has 1 fully saturated rings. The van der Waals surface area contributed by atoms with E-state index in [-0.39, 0.29) is 6.04 Å². The average molecular weight is 251 g/mol. The summed E-state index contributed by atoms with van der Waals surface area (Å²) in [5.41, 5.74) is 10.5. The van der Waals surface area contributed by atoms with Gasteiger partial charge in [-0.2, -0.15) is 0 Å². The minimum atomic E-state index is 0.0716. The molecule has 96 valence electrons. The van der Waals surface area contributed by atoms with Crippen LogP contribution in [0.4, 0.5) is 0 Å². The maximum Gasteiger partial charge on any atom is 0.115 e. The third kappa shape index (κ3) is 1.69. The summed E-state index contributed by atoms with van der Waals surface area (Å²) in [6.45, 7) is 0. The fraction of sp³-hybridized carbons (Fsp3) is 0.375. The zero-order valence-corrected chi connectivity index (χ0v) is 10.7. The SMILES string of the molecule is NC(c1cncnc1)C1C2CCc3ccccc3C21. The third-order valence-electron chi connectivity index (χ3n) is 4.77. The monoisotopic (exact) mass is 251 g/mol. The van der Waals surface area contributed by atoms with Crippen molar-refractivity contribution in [3.05, 3.63) is 59.7 Å². The Labute approximate surface area is 112 Å². The number of nitrogens with two attached hydrogens (primary N) is 1. The molecular formula is C16H17N3. The van der Waals surface area contributed by atoms with Crippen LogP contribution in [0, 0.1) is 11.8 Å². The van der Waals surface area contributed by atoms with Crippen LogP contribution in [-0.2, 0) is 6.42 Å². The molecule has 19 heavy (non-hydrogen) atoms. The van der Waals surface area contributed by atoms with E-state index in [0.717, 1.165) is 11.5 Å². The molecule has 0 saturated heterocycles. The molecule has 4 unspecified atom stereocenters. The van der Waals surface area contributed by atoms with Gasteiger partial charge in [-0.05, 0) is 41.7 Å². The van der Waals surface area contributed by atoms with Crippen molar-refractivity contribution in [1.82, 2.24) is 9.97 Å². The maximum atomic E-state index is 6.44. The summed E-state index contributed by atoms with van der Waals surface area (Å²) in [4.78, 5) is 8.17. The smallest absolute Gasteiger partial charge is 0.115 e. The van der Waals surface area contributed by atoms with Crippen molar-refractivity contribution in [3.63, 3.8) is 0 Å². The molecular weight excluding hydrogens is 234 g/mol. The highest BCUT2D eigenvalue weighted by atomic mass is 14.8. The predicted molar refractivity (Wildman–Crippen MR) is 73.4 cm³/mol. The first-order valence-corrected chi connectivity index (χ1v) is 6.94. The van der Waals surface area contributed by atoms with Crippen molar-refractivity contribution < 1.29 is 0 Å². The van der Waals surface area contributed by atoms with E-state index in [1.54, 1.807) is 6.33 Å². The summed E-state index contributed by atoms with van der Waals surface area (Å²) in [6.07, 6.45) is 7.74. The Bertz CT molecular complexity index is 596. The number of hydrogen-bond acceptors (Lipinski definition) is 3. The predicted octanol–water partition coefficient (Wildman–Crippen LogP) is 2.45. The molecule has 4 atom stereocenters. The summed E-state index contributed by atoms with van der Waals surface area (Å²) < 4.78 is 0. The standard InChI is InChI=1S/C16H17N3/c17-16(11-7-18-9-19-8-11)15-13-6-5-10-3-1-2-4-12(10)14(13)15/h1-4,7-9,13-16H,5-6,17H2.